The molecule has 1 N–H and O–H groups in total. The van der Waals surface area contributed by atoms with Crippen LogP contribution in [0.2, 0.25) is 0 Å². The molecule has 1 amide bonds. The molecule has 21 heavy (non-hydrogen) atoms. The van der Waals surface area contributed by atoms with Crippen molar-refractivity contribution in [1.29, 1.82) is 0 Å². The Morgan fingerprint density at radius 2 is 1.95 bits per heavy atom. The van der Waals surface area contributed by atoms with E-state index in [4.69, 9.17) is 0 Å². The van der Waals surface area contributed by atoms with Crippen LogP contribution in [0, 0.1) is 0 Å². The average Bonchev–Trinajstić information content (AvgIpc) is 2.85. The van der Waals surface area contributed by atoms with Gasteiger partial charge in [-0.3, -0.25) is 9.69 Å². The van der Waals surface area contributed by atoms with Gasteiger partial charge in [-0.1, -0.05) is 19.3 Å². The van der Waals surface area contributed by atoms with Crippen molar-refractivity contribution in [2.75, 3.05) is 38.5 Å². The van der Waals surface area contributed by atoms with Crippen molar-refractivity contribution in [3.63, 3.8) is 0 Å². The number of hydrogen-bond acceptors (Lipinski definition) is 4. The van der Waals surface area contributed by atoms with E-state index in [1.165, 1.54) is 37.9 Å². The Kier molecular flexibility index (Phi) is 5.12. The molecule has 5 heteroatoms. The molecule has 1 saturated carbocycles. The van der Waals surface area contributed by atoms with Crippen molar-refractivity contribution in [3.05, 3.63) is 0 Å². The van der Waals surface area contributed by atoms with E-state index in [9.17, 15) is 9.90 Å². The van der Waals surface area contributed by atoms with Gasteiger partial charge in [0.2, 0.25) is 5.91 Å². The van der Waals surface area contributed by atoms with E-state index >= 15 is 0 Å². The third-order valence-corrected chi connectivity index (χ3v) is 6.70. The van der Waals surface area contributed by atoms with Gasteiger partial charge in [-0.2, -0.15) is 11.8 Å². The number of likely N-dealkylation sites (tertiary alicyclic amines) is 1. The van der Waals surface area contributed by atoms with Crippen LogP contribution in [0.15, 0.2) is 0 Å². The molecule has 2 heterocycles. The van der Waals surface area contributed by atoms with Crippen LogP contribution in [0.1, 0.15) is 44.9 Å². The predicted molar refractivity (Wildman–Crippen MR) is 86.5 cm³/mol. The Morgan fingerprint density at radius 3 is 2.67 bits per heavy atom. The lowest BCUT2D eigenvalue weighted by Gasteiger charge is -2.45. The molecule has 4 nitrogen and oxygen atoms in total. The summed E-state index contributed by atoms with van der Waals surface area (Å²) in [5.74, 6) is 1.40. The minimum Gasteiger partial charge on any atom is -0.390 e. The molecule has 1 atom stereocenters. The molecule has 0 bridgehead atoms. The number of aliphatic hydroxyl groups is 1. The topological polar surface area (TPSA) is 43.8 Å². The third-order valence-electron chi connectivity index (χ3n) is 5.16. The van der Waals surface area contributed by atoms with Crippen molar-refractivity contribution < 1.29 is 9.90 Å². The van der Waals surface area contributed by atoms with E-state index in [1.54, 1.807) is 0 Å². The number of carbonyl (C=O) groups excluding carboxylic acids is 1. The maximum Gasteiger partial charge on any atom is 0.222 e. The second-order valence-corrected chi connectivity index (χ2v) is 8.49. The molecule has 0 aromatic rings. The van der Waals surface area contributed by atoms with Crippen molar-refractivity contribution in [2.24, 2.45) is 0 Å². The van der Waals surface area contributed by atoms with Gasteiger partial charge in [0, 0.05) is 49.6 Å². The quantitative estimate of drug-likeness (QED) is 0.858. The summed E-state index contributed by atoms with van der Waals surface area (Å²) in [6, 6.07) is 0. The molecule has 1 spiro atoms. The molecule has 120 valence electrons. The zero-order chi connectivity index (χ0) is 14.7. The number of thioether (sulfide) groups is 1. The number of nitrogens with zero attached hydrogens (tertiary/aromatic N) is 2. The van der Waals surface area contributed by atoms with Gasteiger partial charge in [-0.25, -0.2) is 0 Å². The second-order valence-electron chi connectivity index (χ2n) is 6.92. The van der Waals surface area contributed by atoms with Crippen molar-refractivity contribution in [1.82, 2.24) is 9.80 Å². The normalized spacial score (nSPS) is 28.2. The Hall–Kier alpha value is -0.260. The fraction of sp³-hybridized carbons (Fsp3) is 0.938. The number of aliphatic hydroxyl groups excluding tert-OH is 1. The number of amides is 1. The summed E-state index contributed by atoms with van der Waals surface area (Å²) in [5, 5.41) is 10.3. The molecular formula is C16H28N2O2S. The predicted octanol–water partition coefficient (Wildman–Crippen LogP) is 1.72. The van der Waals surface area contributed by atoms with Crippen molar-refractivity contribution in [2.45, 2.75) is 55.8 Å². The minimum atomic E-state index is -0.393. The van der Waals surface area contributed by atoms with E-state index in [0.717, 1.165) is 32.6 Å². The van der Waals surface area contributed by atoms with Crippen LogP contribution >= 0.6 is 11.8 Å². The monoisotopic (exact) mass is 312 g/mol. The van der Waals surface area contributed by atoms with Gasteiger partial charge in [-0.15, -0.1) is 0 Å². The van der Waals surface area contributed by atoms with Crippen LogP contribution in [-0.2, 0) is 4.79 Å². The van der Waals surface area contributed by atoms with Gasteiger partial charge in [0.25, 0.3) is 0 Å². The Bertz CT molecular complexity index is 366. The molecule has 1 aliphatic carbocycles. The summed E-state index contributed by atoms with van der Waals surface area (Å²) in [4.78, 5) is 15.9. The smallest absolute Gasteiger partial charge is 0.222 e. The highest BCUT2D eigenvalue weighted by Gasteiger charge is 2.37. The average molecular weight is 312 g/mol. The van der Waals surface area contributed by atoms with E-state index in [2.05, 4.69) is 16.7 Å². The van der Waals surface area contributed by atoms with Gasteiger partial charge in [0.1, 0.15) is 0 Å². The van der Waals surface area contributed by atoms with Crippen LogP contribution in [0.3, 0.4) is 0 Å². The SMILES string of the molecule is O=C1CCCN1CC(O)CN1CCSC2(CCCCC2)C1. The summed E-state index contributed by atoms with van der Waals surface area (Å²) in [6.07, 6.45) is 8.03. The van der Waals surface area contributed by atoms with Crippen molar-refractivity contribution in [3.8, 4) is 0 Å². The van der Waals surface area contributed by atoms with E-state index < -0.39 is 6.10 Å². The lowest BCUT2D eigenvalue weighted by Crippen LogP contribution is -2.51. The lowest BCUT2D eigenvalue weighted by atomic mass is 9.87. The number of rotatable bonds is 4. The first-order chi connectivity index (χ1) is 10.2. The van der Waals surface area contributed by atoms with Crippen LogP contribution < -0.4 is 0 Å². The maximum absolute atomic E-state index is 11.6. The summed E-state index contributed by atoms with van der Waals surface area (Å²) < 4.78 is 0.458. The Morgan fingerprint density at radius 1 is 1.14 bits per heavy atom. The van der Waals surface area contributed by atoms with Crippen LogP contribution in [0.4, 0.5) is 0 Å². The zero-order valence-electron chi connectivity index (χ0n) is 12.9. The third kappa shape index (κ3) is 3.93. The Balaban J connectivity index is 1.48. The Labute approximate surface area is 132 Å². The van der Waals surface area contributed by atoms with Crippen LogP contribution in [0.25, 0.3) is 0 Å². The molecular weight excluding hydrogens is 284 g/mol. The summed E-state index contributed by atoms with van der Waals surface area (Å²) in [6.45, 7) is 4.29. The van der Waals surface area contributed by atoms with Gasteiger partial charge < -0.3 is 10.0 Å². The first-order valence-corrected chi connectivity index (χ1v) is 9.48. The molecule has 3 aliphatic rings. The van der Waals surface area contributed by atoms with Gasteiger partial charge in [0.05, 0.1) is 6.10 Å². The van der Waals surface area contributed by atoms with Crippen LogP contribution in [0.5, 0.6) is 0 Å². The molecule has 0 aromatic heterocycles. The molecule has 2 aliphatic heterocycles. The maximum atomic E-state index is 11.6. The molecule has 0 aromatic carbocycles. The zero-order valence-corrected chi connectivity index (χ0v) is 13.7. The van der Waals surface area contributed by atoms with E-state index in [0.29, 0.717) is 17.7 Å². The van der Waals surface area contributed by atoms with Crippen molar-refractivity contribution >= 4 is 17.7 Å². The van der Waals surface area contributed by atoms with E-state index in [-0.39, 0.29) is 5.91 Å². The largest absolute Gasteiger partial charge is 0.390 e. The first kappa shape index (κ1) is 15.6. The fourth-order valence-electron chi connectivity index (χ4n) is 4.09. The minimum absolute atomic E-state index is 0.215. The number of β-amino-alcohol motifs (C(OH)–C–C–N with tert-alkyl or cyclic N) is 1. The van der Waals surface area contributed by atoms with Gasteiger partial charge in [-0.05, 0) is 19.3 Å². The number of carbonyl (C=O) groups is 1. The highest BCUT2D eigenvalue weighted by Crippen LogP contribution is 2.42. The van der Waals surface area contributed by atoms with Gasteiger partial charge >= 0.3 is 0 Å². The lowest BCUT2D eigenvalue weighted by molar-refractivity contribution is -0.129. The number of hydrogen-bond donors (Lipinski definition) is 1. The summed E-state index contributed by atoms with van der Waals surface area (Å²) in [7, 11) is 0. The highest BCUT2D eigenvalue weighted by atomic mass is 32.2. The van der Waals surface area contributed by atoms with Gasteiger partial charge in [0.15, 0.2) is 0 Å². The summed E-state index contributed by atoms with van der Waals surface area (Å²) >= 11 is 2.16. The van der Waals surface area contributed by atoms with E-state index in [1.807, 2.05) is 4.90 Å². The molecule has 1 unspecified atom stereocenters. The molecule has 0 radical (unpaired) electrons. The second kappa shape index (κ2) is 6.88. The first-order valence-electron chi connectivity index (χ1n) is 8.49. The fourth-order valence-corrected chi connectivity index (χ4v) is 5.72. The summed E-state index contributed by atoms with van der Waals surface area (Å²) in [5.41, 5.74) is 0. The van der Waals surface area contributed by atoms with Crippen LogP contribution in [-0.4, -0.2) is 70.1 Å². The highest BCUT2D eigenvalue weighted by molar-refractivity contribution is 8.00. The standard InChI is InChI=1S/C16H28N2O2S/c19-14(12-18-8-4-5-15(18)20)11-17-9-10-21-16(13-17)6-2-1-3-7-16/h14,19H,1-13H2. The molecule has 3 fully saturated rings. The molecule has 2 saturated heterocycles. The molecule has 3 rings (SSSR count).